The summed E-state index contributed by atoms with van der Waals surface area (Å²) in [6.07, 6.45) is 1.42. The third-order valence-electron chi connectivity index (χ3n) is 1.21. The molecule has 0 aliphatic heterocycles. The van der Waals surface area contributed by atoms with E-state index < -0.39 is 0 Å². The van der Waals surface area contributed by atoms with Crippen molar-refractivity contribution in [3.05, 3.63) is 33.4 Å². The Balaban J connectivity index is 3.16. The Morgan fingerprint density at radius 1 is 1.75 bits per heavy atom. The highest BCUT2D eigenvalue weighted by Gasteiger charge is 1.99. The second kappa shape index (κ2) is 3.92. The molecule has 1 heterocycles. The predicted molar refractivity (Wildman–Crippen MR) is 44.0 cm³/mol. The molecule has 0 bridgehead atoms. The lowest BCUT2D eigenvalue weighted by Gasteiger charge is -1.97. The fourth-order valence-corrected chi connectivity index (χ4v) is 0.824. The average Bonchev–Trinajstić information content (AvgIpc) is 2.09. The SMILES string of the molecule is [N-]=[N+]=Nc1cc(CO)cnc1Cl. The van der Waals surface area contributed by atoms with Crippen LogP contribution in [0.15, 0.2) is 17.4 Å². The summed E-state index contributed by atoms with van der Waals surface area (Å²) >= 11 is 5.57. The highest BCUT2D eigenvalue weighted by atomic mass is 35.5. The van der Waals surface area contributed by atoms with E-state index in [0.717, 1.165) is 0 Å². The van der Waals surface area contributed by atoms with Crippen LogP contribution in [-0.2, 0) is 6.61 Å². The van der Waals surface area contributed by atoms with E-state index in [4.69, 9.17) is 22.2 Å². The molecule has 12 heavy (non-hydrogen) atoms. The molecule has 0 spiro atoms. The van der Waals surface area contributed by atoms with E-state index in [-0.39, 0.29) is 17.4 Å². The largest absolute Gasteiger partial charge is 0.392 e. The summed E-state index contributed by atoms with van der Waals surface area (Å²) in [4.78, 5) is 6.27. The van der Waals surface area contributed by atoms with Crippen molar-refractivity contribution in [2.24, 2.45) is 5.11 Å². The number of azide groups is 1. The Morgan fingerprint density at radius 3 is 3.08 bits per heavy atom. The van der Waals surface area contributed by atoms with Crippen LogP contribution >= 0.6 is 11.6 Å². The lowest BCUT2D eigenvalue weighted by molar-refractivity contribution is 0.281. The van der Waals surface area contributed by atoms with E-state index in [1.54, 1.807) is 0 Å². The molecule has 1 aromatic rings. The van der Waals surface area contributed by atoms with Crippen molar-refractivity contribution in [1.82, 2.24) is 4.98 Å². The first-order valence-electron chi connectivity index (χ1n) is 3.08. The lowest BCUT2D eigenvalue weighted by Crippen LogP contribution is -1.84. The van der Waals surface area contributed by atoms with Crippen molar-refractivity contribution < 1.29 is 5.11 Å². The maximum absolute atomic E-state index is 8.70. The number of nitrogens with zero attached hydrogens (tertiary/aromatic N) is 4. The summed E-state index contributed by atoms with van der Waals surface area (Å²) in [7, 11) is 0. The number of rotatable bonds is 2. The van der Waals surface area contributed by atoms with E-state index in [1.807, 2.05) is 0 Å². The number of aliphatic hydroxyl groups is 1. The summed E-state index contributed by atoms with van der Waals surface area (Å²) in [5, 5.41) is 12.1. The third kappa shape index (κ3) is 1.85. The summed E-state index contributed by atoms with van der Waals surface area (Å²) in [6, 6.07) is 1.48. The van der Waals surface area contributed by atoms with Crippen LogP contribution in [0.2, 0.25) is 5.15 Å². The average molecular weight is 185 g/mol. The van der Waals surface area contributed by atoms with E-state index in [0.29, 0.717) is 5.56 Å². The summed E-state index contributed by atoms with van der Waals surface area (Å²) < 4.78 is 0. The van der Waals surface area contributed by atoms with Gasteiger partial charge in [0.1, 0.15) is 5.15 Å². The van der Waals surface area contributed by atoms with Crippen LogP contribution in [0.25, 0.3) is 10.4 Å². The van der Waals surface area contributed by atoms with Gasteiger partial charge in [-0.25, -0.2) is 4.98 Å². The first-order chi connectivity index (χ1) is 5.77. The molecule has 1 rings (SSSR count). The molecule has 0 saturated heterocycles. The number of pyridine rings is 1. The standard InChI is InChI=1S/C6H5ClN4O/c7-6-5(10-11-8)1-4(3-12)2-9-6/h1-2,12H,3H2. The maximum Gasteiger partial charge on any atom is 0.138 e. The van der Waals surface area contributed by atoms with Crippen LogP contribution in [0, 0.1) is 0 Å². The Hall–Kier alpha value is -1.29. The minimum Gasteiger partial charge on any atom is -0.392 e. The normalized spacial score (nSPS) is 9.17. The van der Waals surface area contributed by atoms with E-state index in [9.17, 15) is 0 Å². The van der Waals surface area contributed by atoms with Crippen molar-refractivity contribution in [3.8, 4) is 0 Å². The van der Waals surface area contributed by atoms with Gasteiger partial charge in [0.05, 0.1) is 12.3 Å². The molecule has 0 aliphatic rings. The molecule has 0 fully saturated rings. The van der Waals surface area contributed by atoms with Gasteiger partial charge in [-0.05, 0) is 17.2 Å². The smallest absolute Gasteiger partial charge is 0.138 e. The minimum atomic E-state index is -0.155. The van der Waals surface area contributed by atoms with Crippen molar-refractivity contribution in [2.75, 3.05) is 0 Å². The first-order valence-corrected chi connectivity index (χ1v) is 3.46. The fraction of sp³-hybridized carbons (Fsp3) is 0.167. The molecule has 1 N–H and O–H groups in total. The number of hydrogen-bond donors (Lipinski definition) is 1. The molecule has 0 saturated carbocycles. The zero-order chi connectivity index (χ0) is 8.97. The number of halogens is 1. The van der Waals surface area contributed by atoms with Crippen molar-refractivity contribution in [2.45, 2.75) is 6.61 Å². The second-order valence-electron chi connectivity index (χ2n) is 2.00. The van der Waals surface area contributed by atoms with Gasteiger partial charge in [0.25, 0.3) is 0 Å². The van der Waals surface area contributed by atoms with Gasteiger partial charge in [-0.3, -0.25) is 0 Å². The molecule has 0 unspecified atom stereocenters. The minimum absolute atomic E-state index is 0.130. The summed E-state index contributed by atoms with van der Waals surface area (Å²) in [6.45, 7) is -0.155. The van der Waals surface area contributed by atoms with Gasteiger partial charge in [0, 0.05) is 11.1 Å². The molecule has 1 aromatic heterocycles. The van der Waals surface area contributed by atoms with Crippen LogP contribution in [0.5, 0.6) is 0 Å². The van der Waals surface area contributed by atoms with Gasteiger partial charge in [-0.15, -0.1) is 0 Å². The third-order valence-corrected chi connectivity index (χ3v) is 1.50. The van der Waals surface area contributed by atoms with Crippen molar-refractivity contribution >= 4 is 17.3 Å². The molecule has 5 nitrogen and oxygen atoms in total. The van der Waals surface area contributed by atoms with Crippen LogP contribution < -0.4 is 0 Å². The molecule has 0 atom stereocenters. The molecule has 0 aliphatic carbocycles. The van der Waals surface area contributed by atoms with E-state index >= 15 is 0 Å². The molecule has 62 valence electrons. The predicted octanol–water partition coefficient (Wildman–Crippen LogP) is 2.17. The Bertz CT molecular complexity index is 334. The molecule has 0 amide bonds. The van der Waals surface area contributed by atoms with Gasteiger partial charge in [0.15, 0.2) is 0 Å². The van der Waals surface area contributed by atoms with E-state index in [1.165, 1.54) is 12.3 Å². The Morgan fingerprint density at radius 2 is 2.50 bits per heavy atom. The monoisotopic (exact) mass is 184 g/mol. The van der Waals surface area contributed by atoms with Crippen LogP contribution in [0.1, 0.15) is 5.56 Å². The van der Waals surface area contributed by atoms with Crippen LogP contribution in [-0.4, -0.2) is 10.1 Å². The summed E-state index contributed by atoms with van der Waals surface area (Å²) in [5.74, 6) is 0. The zero-order valence-electron chi connectivity index (χ0n) is 5.98. The second-order valence-corrected chi connectivity index (χ2v) is 2.36. The molecule has 0 aromatic carbocycles. The zero-order valence-corrected chi connectivity index (χ0v) is 6.73. The van der Waals surface area contributed by atoms with Gasteiger partial charge < -0.3 is 5.11 Å². The highest BCUT2D eigenvalue weighted by Crippen LogP contribution is 2.23. The molecular formula is C6H5ClN4O. The lowest BCUT2D eigenvalue weighted by atomic mass is 10.3. The quantitative estimate of drug-likeness (QED) is 0.331. The van der Waals surface area contributed by atoms with Crippen LogP contribution in [0.4, 0.5) is 5.69 Å². The molecule has 0 radical (unpaired) electrons. The highest BCUT2D eigenvalue weighted by molar-refractivity contribution is 6.31. The van der Waals surface area contributed by atoms with Gasteiger partial charge >= 0.3 is 0 Å². The van der Waals surface area contributed by atoms with Crippen molar-refractivity contribution in [3.63, 3.8) is 0 Å². The Labute approximate surface area is 73.2 Å². The molecular weight excluding hydrogens is 180 g/mol. The summed E-state index contributed by atoms with van der Waals surface area (Å²) in [5.41, 5.74) is 8.90. The number of hydrogen-bond acceptors (Lipinski definition) is 3. The topological polar surface area (TPSA) is 81.9 Å². The van der Waals surface area contributed by atoms with Gasteiger partial charge in [-0.1, -0.05) is 16.7 Å². The van der Waals surface area contributed by atoms with Gasteiger partial charge in [0.2, 0.25) is 0 Å². The maximum atomic E-state index is 8.70. The van der Waals surface area contributed by atoms with Gasteiger partial charge in [-0.2, -0.15) is 0 Å². The number of aliphatic hydroxyl groups excluding tert-OH is 1. The van der Waals surface area contributed by atoms with Crippen molar-refractivity contribution in [1.29, 1.82) is 0 Å². The fourth-order valence-electron chi connectivity index (χ4n) is 0.683. The van der Waals surface area contributed by atoms with E-state index in [2.05, 4.69) is 15.0 Å². The Kier molecular flexibility index (Phi) is 2.88. The van der Waals surface area contributed by atoms with Crippen LogP contribution in [0.3, 0.4) is 0 Å². The molecule has 6 heteroatoms. The first kappa shape index (κ1) is 8.80. The number of aromatic nitrogens is 1.